The second-order valence-corrected chi connectivity index (χ2v) is 5.71. The maximum atomic E-state index is 12.3. The van der Waals surface area contributed by atoms with E-state index in [4.69, 9.17) is 16.3 Å². The Kier molecular flexibility index (Phi) is 6.44. The van der Waals surface area contributed by atoms with E-state index in [0.29, 0.717) is 23.0 Å². The predicted octanol–water partition coefficient (Wildman–Crippen LogP) is 3.79. The van der Waals surface area contributed by atoms with Crippen LogP contribution in [0.1, 0.15) is 11.1 Å². The van der Waals surface area contributed by atoms with E-state index in [1.165, 1.54) is 13.3 Å². The van der Waals surface area contributed by atoms with Gasteiger partial charge in [0.25, 0.3) is 5.91 Å². The van der Waals surface area contributed by atoms with Crippen LogP contribution in [0.15, 0.2) is 54.2 Å². The molecular formula is C19H18ClN3O2. The van der Waals surface area contributed by atoms with Crippen LogP contribution in [0, 0.1) is 18.3 Å². The highest BCUT2D eigenvalue weighted by Crippen LogP contribution is 2.25. The number of nitriles is 1. The summed E-state index contributed by atoms with van der Waals surface area (Å²) < 4.78 is 5.22. The fourth-order valence-electron chi connectivity index (χ4n) is 2.16. The molecule has 2 N–H and O–H groups in total. The minimum Gasteiger partial charge on any atom is -0.495 e. The highest BCUT2D eigenvalue weighted by Gasteiger charge is 2.12. The fourth-order valence-corrected chi connectivity index (χ4v) is 2.37. The molecule has 0 aliphatic rings. The zero-order valence-electron chi connectivity index (χ0n) is 14.0. The molecule has 2 aromatic carbocycles. The first-order valence-corrected chi connectivity index (χ1v) is 7.96. The SMILES string of the molecule is COc1ccc(C)cc1NC(=O)/C(C#N)=C\NCc1ccccc1Cl. The molecule has 0 aromatic heterocycles. The van der Waals surface area contributed by atoms with Crippen molar-refractivity contribution < 1.29 is 9.53 Å². The molecule has 2 rings (SSSR count). The molecule has 0 saturated carbocycles. The number of rotatable bonds is 6. The highest BCUT2D eigenvalue weighted by atomic mass is 35.5. The summed E-state index contributed by atoms with van der Waals surface area (Å²) >= 11 is 6.07. The third-order valence-electron chi connectivity index (χ3n) is 3.47. The second kappa shape index (κ2) is 8.76. The molecule has 0 unspecified atom stereocenters. The first-order chi connectivity index (χ1) is 12.0. The molecule has 5 nitrogen and oxygen atoms in total. The Bertz CT molecular complexity index is 841. The Morgan fingerprint density at radius 1 is 1.32 bits per heavy atom. The molecule has 0 fully saturated rings. The van der Waals surface area contributed by atoms with Crippen LogP contribution in [0.2, 0.25) is 5.02 Å². The number of halogens is 1. The molecule has 0 bridgehead atoms. The first-order valence-electron chi connectivity index (χ1n) is 7.58. The molecule has 1 amide bonds. The van der Waals surface area contributed by atoms with Crippen molar-refractivity contribution in [1.82, 2.24) is 5.32 Å². The first kappa shape index (κ1) is 18.4. The summed E-state index contributed by atoms with van der Waals surface area (Å²) in [5, 5.41) is 15.5. The van der Waals surface area contributed by atoms with Crippen molar-refractivity contribution in [3.05, 3.63) is 70.4 Å². The molecule has 0 aliphatic heterocycles. The van der Waals surface area contributed by atoms with Crippen molar-refractivity contribution in [1.29, 1.82) is 5.26 Å². The molecule has 0 heterocycles. The van der Waals surface area contributed by atoms with Gasteiger partial charge in [-0.1, -0.05) is 35.9 Å². The number of nitrogens with zero attached hydrogens (tertiary/aromatic N) is 1. The van der Waals surface area contributed by atoms with Gasteiger partial charge in [-0.05, 0) is 36.2 Å². The van der Waals surface area contributed by atoms with Crippen molar-refractivity contribution in [2.75, 3.05) is 12.4 Å². The number of hydrogen-bond acceptors (Lipinski definition) is 4. The number of amides is 1. The Balaban J connectivity index is 2.07. The molecule has 0 aliphatic carbocycles. The summed E-state index contributed by atoms with van der Waals surface area (Å²) in [5.41, 5.74) is 2.31. The lowest BCUT2D eigenvalue weighted by atomic mass is 10.2. The molecule has 0 atom stereocenters. The maximum Gasteiger partial charge on any atom is 0.267 e. The topological polar surface area (TPSA) is 74.1 Å². The van der Waals surface area contributed by atoms with Crippen molar-refractivity contribution in [3.63, 3.8) is 0 Å². The van der Waals surface area contributed by atoms with Gasteiger partial charge in [-0.25, -0.2) is 0 Å². The van der Waals surface area contributed by atoms with E-state index in [2.05, 4.69) is 10.6 Å². The Labute approximate surface area is 151 Å². The predicted molar refractivity (Wildman–Crippen MR) is 98.3 cm³/mol. The summed E-state index contributed by atoms with van der Waals surface area (Å²) in [7, 11) is 1.52. The lowest BCUT2D eigenvalue weighted by Gasteiger charge is -2.11. The molecule has 6 heteroatoms. The zero-order chi connectivity index (χ0) is 18.2. The van der Waals surface area contributed by atoms with Crippen LogP contribution in [-0.4, -0.2) is 13.0 Å². The van der Waals surface area contributed by atoms with E-state index in [-0.39, 0.29) is 5.57 Å². The minimum atomic E-state index is -0.516. The Hall–Kier alpha value is -2.97. The minimum absolute atomic E-state index is 0.0457. The molecule has 0 saturated heterocycles. The number of carbonyl (C=O) groups is 1. The number of nitrogens with one attached hydrogen (secondary N) is 2. The van der Waals surface area contributed by atoms with E-state index < -0.39 is 5.91 Å². The number of hydrogen-bond donors (Lipinski definition) is 2. The van der Waals surface area contributed by atoms with Gasteiger partial charge >= 0.3 is 0 Å². The van der Waals surface area contributed by atoms with Gasteiger partial charge in [0, 0.05) is 17.8 Å². The Morgan fingerprint density at radius 2 is 2.08 bits per heavy atom. The number of benzene rings is 2. The largest absolute Gasteiger partial charge is 0.495 e. The van der Waals surface area contributed by atoms with Crippen molar-refractivity contribution in [2.45, 2.75) is 13.5 Å². The number of anilines is 1. The normalized spacial score (nSPS) is 10.7. The monoisotopic (exact) mass is 355 g/mol. The number of aryl methyl sites for hydroxylation is 1. The third-order valence-corrected chi connectivity index (χ3v) is 3.83. The summed E-state index contributed by atoms with van der Waals surface area (Å²) in [6, 6.07) is 14.7. The van der Waals surface area contributed by atoms with Crippen LogP contribution < -0.4 is 15.4 Å². The van der Waals surface area contributed by atoms with Crippen molar-refractivity contribution in [3.8, 4) is 11.8 Å². The van der Waals surface area contributed by atoms with Gasteiger partial charge in [0.15, 0.2) is 0 Å². The molecule has 128 valence electrons. The van der Waals surface area contributed by atoms with E-state index in [1.54, 1.807) is 18.2 Å². The number of ether oxygens (including phenoxy) is 1. The second-order valence-electron chi connectivity index (χ2n) is 5.30. The van der Waals surface area contributed by atoms with Gasteiger partial charge in [-0.3, -0.25) is 4.79 Å². The molecule has 0 spiro atoms. The molecule has 2 aromatic rings. The smallest absolute Gasteiger partial charge is 0.267 e. The van der Waals surface area contributed by atoms with Gasteiger partial charge in [0.1, 0.15) is 17.4 Å². The van der Waals surface area contributed by atoms with Gasteiger partial charge in [0.2, 0.25) is 0 Å². The average molecular weight is 356 g/mol. The lowest BCUT2D eigenvalue weighted by Crippen LogP contribution is -2.17. The summed E-state index contributed by atoms with van der Waals surface area (Å²) in [6.45, 7) is 2.31. The van der Waals surface area contributed by atoms with Crippen LogP contribution in [0.4, 0.5) is 5.69 Å². The maximum absolute atomic E-state index is 12.3. The number of carbonyl (C=O) groups excluding carboxylic acids is 1. The fraction of sp³-hybridized carbons (Fsp3) is 0.158. The molecular weight excluding hydrogens is 338 g/mol. The number of methoxy groups -OCH3 is 1. The quantitative estimate of drug-likeness (QED) is 0.610. The summed E-state index contributed by atoms with van der Waals surface area (Å²) in [4.78, 5) is 12.3. The van der Waals surface area contributed by atoms with Gasteiger partial charge in [-0.2, -0.15) is 5.26 Å². The third kappa shape index (κ3) is 5.00. The summed E-state index contributed by atoms with van der Waals surface area (Å²) in [6.07, 6.45) is 1.38. The van der Waals surface area contributed by atoms with Gasteiger partial charge in [0.05, 0.1) is 12.8 Å². The van der Waals surface area contributed by atoms with E-state index >= 15 is 0 Å². The van der Waals surface area contributed by atoms with Crippen molar-refractivity contribution >= 4 is 23.2 Å². The highest BCUT2D eigenvalue weighted by molar-refractivity contribution is 6.31. The zero-order valence-corrected chi connectivity index (χ0v) is 14.7. The van der Waals surface area contributed by atoms with Crippen LogP contribution in [0.5, 0.6) is 5.75 Å². The van der Waals surface area contributed by atoms with Crippen LogP contribution in [-0.2, 0) is 11.3 Å². The van der Waals surface area contributed by atoms with E-state index in [1.807, 2.05) is 37.3 Å². The summed E-state index contributed by atoms with van der Waals surface area (Å²) in [5.74, 6) is 0.0123. The van der Waals surface area contributed by atoms with Crippen molar-refractivity contribution in [2.24, 2.45) is 0 Å². The molecule has 25 heavy (non-hydrogen) atoms. The van der Waals surface area contributed by atoms with E-state index in [9.17, 15) is 10.1 Å². The molecule has 0 radical (unpaired) electrons. The Morgan fingerprint density at radius 3 is 2.76 bits per heavy atom. The average Bonchev–Trinajstić information content (AvgIpc) is 2.60. The van der Waals surface area contributed by atoms with Crippen LogP contribution in [0.3, 0.4) is 0 Å². The standard InChI is InChI=1S/C19H18ClN3O2/c1-13-7-8-18(25-2)17(9-13)23-19(24)15(10-21)12-22-11-14-5-3-4-6-16(14)20/h3-9,12,22H,11H2,1-2H3,(H,23,24)/b15-12-. The lowest BCUT2D eigenvalue weighted by molar-refractivity contribution is -0.112. The van der Waals surface area contributed by atoms with Crippen LogP contribution >= 0.6 is 11.6 Å². The van der Waals surface area contributed by atoms with Crippen LogP contribution in [0.25, 0.3) is 0 Å². The van der Waals surface area contributed by atoms with Gasteiger partial charge in [-0.15, -0.1) is 0 Å². The van der Waals surface area contributed by atoms with Gasteiger partial charge < -0.3 is 15.4 Å². The van der Waals surface area contributed by atoms with E-state index in [0.717, 1.165) is 11.1 Å².